The molecule has 6 nitrogen and oxygen atoms in total. The second kappa shape index (κ2) is 7.83. The van der Waals surface area contributed by atoms with Crippen LogP contribution in [0, 0.1) is 12.8 Å². The van der Waals surface area contributed by atoms with E-state index in [1.54, 1.807) is 0 Å². The number of rotatable bonds is 3. The van der Waals surface area contributed by atoms with Gasteiger partial charge in [0.05, 0.1) is 11.7 Å². The molecule has 0 unspecified atom stereocenters. The number of nitrogens with one attached hydrogen (secondary N) is 2. The van der Waals surface area contributed by atoms with Gasteiger partial charge < -0.3 is 10.6 Å². The molecule has 24 heavy (non-hydrogen) atoms. The fraction of sp³-hybridized carbons (Fsp3) is 0.824. The molecular formula is C17H30ClN5O. The highest BCUT2D eigenvalue weighted by molar-refractivity contribution is 5.93. The number of carbonyl (C=O) groups excluding carboxylic acids is 1. The molecule has 136 valence electrons. The van der Waals surface area contributed by atoms with Crippen molar-refractivity contribution in [3.8, 4) is 0 Å². The summed E-state index contributed by atoms with van der Waals surface area (Å²) < 4.78 is 1.95. The highest BCUT2D eigenvalue weighted by Crippen LogP contribution is 2.31. The molecule has 7 heteroatoms. The van der Waals surface area contributed by atoms with Gasteiger partial charge in [-0.1, -0.05) is 12.1 Å². The Morgan fingerprint density at radius 2 is 1.88 bits per heavy atom. The van der Waals surface area contributed by atoms with Crippen LogP contribution in [0.2, 0.25) is 0 Å². The molecule has 1 aliphatic carbocycles. The smallest absolute Gasteiger partial charge is 0.274 e. The van der Waals surface area contributed by atoms with Gasteiger partial charge in [-0.25, -0.2) is 4.68 Å². The maximum absolute atomic E-state index is 12.7. The van der Waals surface area contributed by atoms with Crippen molar-refractivity contribution in [2.24, 2.45) is 5.92 Å². The van der Waals surface area contributed by atoms with Gasteiger partial charge in [0.2, 0.25) is 0 Å². The summed E-state index contributed by atoms with van der Waals surface area (Å²) in [5.41, 5.74) is 1.28. The van der Waals surface area contributed by atoms with Crippen molar-refractivity contribution in [3.63, 3.8) is 0 Å². The number of nitrogens with zero attached hydrogens (tertiary/aromatic N) is 3. The van der Waals surface area contributed by atoms with Crippen molar-refractivity contribution in [3.05, 3.63) is 11.4 Å². The van der Waals surface area contributed by atoms with Crippen LogP contribution < -0.4 is 10.6 Å². The zero-order valence-electron chi connectivity index (χ0n) is 15.0. The Hall–Kier alpha value is -1.14. The first kappa shape index (κ1) is 19.2. The molecule has 0 spiro atoms. The van der Waals surface area contributed by atoms with E-state index < -0.39 is 0 Å². The lowest BCUT2D eigenvalue weighted by Gasteiger charge is -2.36. The lowest BCUT2D eigenvalue weighted by molar-refractivity contribution is 0.0864. The number of halogens is 1. The van der Waals surface area contributed by atoms with Crippen molar-refractivity contribution >= 4 is 18.3 Å². The van der Waals surface area contributed by atoms with Crippen molar-refractivity contribution < 1.29 is 4.79 Å². The summed E-state index contributed by atoms with van der Waals surface area (Å²) in [7, 11) is 0. The van der Waals surface area contributed by atoms with E-state index >= 15 is 0 Å². The normalized spacial score (nSPS) is 28.2. The zero-order chi connectivity index (χ0) is 16.4. The lowest BCUT2D eigenvalue weighted by Crippen LogP contribution is -2.48. The van der Waals surface area contributed by atoms with Crippen LogP contribution in [0.1, 0.15) is 74.6 Å². The SMILES string of the molecule is Cc1c(C(=O)NC2(C)CCC(C)CC2)nnn1C1CCNCC1.Cl. The quantitative estimate of drug-likeness (QED) is 0.874. The largest absolute Gasteiger partial charge is 0.345 e. The van der Waals surface area contributed by atoms with Crippen LogP contribution in [0.5, 0.6) is 0 Å². The first-order valence-corrected chi connectivity index (χ1v) is 8.93. The standard InChI is InChI=1S/C17H29N5O.ClH/c1-12-4-8-17(3,9-5-12)19-16(23)15-13(2)22(21-20-15)14-6-10-18-11-7-14;/h12,14,18H,4-11H2,1-3H3,(H,19,23);1H. The van der Waals surface area contributed by atoms with E-state index in [-0.39, 0.29) is 23.9 Å². The van der Waals surface area contributed by atoms with Gasteiger partial charge in [-0.15, -0.1) is 17.5 Å². The van der Waals surface area contributed by atoms with E-state index in [9.17, 15) is 4.79 Å². The zero-order valence-corrected chi connectivity index (χ0v) is 15.8. The van der Waals surface area contributed by atoms with Gasteiger partial charge in [0.25, 0.3) is 5.91 Å². The van der Waals surface area contributed by atoms with Crippen LogP contribution in [-0.2, 0) is 0 Å². The second-order valence-electron chi connectivity index (χ2n) is 7.65. The Balaban J connectivity index is 0.00000208. The van der Waals surface area contributed by atoms with Crippen LogP contribution >= 0.6 is 12.4 Å². The monoisotopic (exact) mass is 355 g/mol. The third-order valence-electron chi connectivity index (χ3n) is 5.59. The van der Waals surface area contributed by atoms with Crippen LogP contribution in [0.15, 0.2) is 0 Å². The first-order valence-electron chi connectivity index (χ1n) is 8.93. The summed E-state index contributed by atoms with van der Waals surface area (Å²) >= 11 is 0. The van der Waals surface area contributed by atoms with Crippen molar-refractivity contribution in [2.45, 2.75) is 70.9 Å². The third-order valence-corrected chi connectivity index (χ3v) is 5.59. The molecule has 2 aliphatic rings. The summed E-state index contributed by atoms with van der Waals surface area (Å²) in [5.74, 6) is 0.697. The molecule has 2 fully saturated rings. The number of aromatic nitrogens is 3. The molecule has 0 bridgehead atoms. The number of carbonyl (C=O) groups is 1. The molecule has 3 rings (SSSR count). The van der Waals surface area contributed by atoms with Crippen LogP contribution in [-0.4, -0.2) is 39.5 Å². The van der Waals surface area contributed by atoms with E-state index in [0.717, 1.165) is 50.4 Å². The molecule has 1 amide bonds. The van der Waals surface area contributed by atoms with Gasteiger partial charge in [-0.05, 0) is 71.4 Å². The van der Waals surface area contributed by atoms with Gasteiger partial charge in [0.1, 0.15) is 0 Å². The molecule has 1 saturated heterocycles. The van der Waals surface area contributed by atoms with Gasteiger partial charge >= 0.3 is 0 Å². The molecule has 1 saturated carbocycles. The summed E-state index contributed by atoms with van der Waals surface area (Å²) in [4.78, 5) is 12.7. The molecule has 0 atom stereocenters. The molecule has 2 N–H and O–H groups in total. The van der Waals surface area contributed by atoms with E-state index in [1.807, 2.05) is 11.6 Å². The summed E-state index contributed by atoms with van der Waals surface area (Å²) in [5, 5.41) is 15.0. The fourth-order valence-corrected chi connectivity index (χ4v) is 3.81. The summed E-state index contributed by atoms with van der Waals surface area (Å²) in [6.07, 6.45) is 6.53. The second-order valence-corrected chi connectivity index (χ2v) is 7.65. The third kappa shape index (κ3) is 4.09. The number of hydrogen-bond acceptors (Lipinski definition) is 4. The predicted molar refractivity (Wildman–Crippen MR) is 96.7 cm³/mol. The fourth-order valence-electron chi connectivity index (χ4n) is 3.81. The van der Waals surface area contributed by atoms with E-state index in [4.69, 9.17) is 0 Å². The highest BCUT2D eigenvalue weighted by atomic mass is 35.5. The molecule has 0 radical (unpaired) electrons. The molecule has 1 aromatic rings. The van der Waals surface area contributed by atoms with Crippen LogP contribution in [0.4, 0.5) is 0 Å². The van der Waals surface area contributed by atoms with Crippen molar-refractivity contribution in [2.75, 3.05) is 13.1 Å². The average Bonchev–Trinajstić information content (AvgIpc) is 2.93. The first-order chi connectivity index (χ1) is 11.0. The van der Waals surface area contributed by atoms with Gasteiger partial charge in [-0.2, -0.15) is 0 Å². The Labute approximate surface area is 150 Å². The topological polar surface area (TPSA) is 71.8 Å². The number of hydrogen-bond donors (Lipinski definition) is 2. The Bertz CT molecular complexity index is 559. The average molecular weight is 356 g/mol. The minimum Gasteiger partial charge on any atom is -0.345 e. The van der Waals surface area contributed by atoms with E-state index in [2.05, 4.69) is 34.8 Å². The molecule has 1 aliphatic heterocycles. The molecule has 1 aromatic heterocycles. The van der Waals surface area contributed by atoms with Gasteiger partial charge in [0, 0.05) is 5.54 Å². The highest BCUT2D eigenvalue weighted by Gasteiger charge is 2.33. The van der Waals surface area contributed by atoms with Gasteiger partial charge in [0.15, 0.2) is 5.69 Å². The van der Waals surface area contributed by atoms with E-state index in [1.165, 1.54) is 12.8 Å². The van der Waals surface area contributed by atoms with Crippen LogP contribution in [0.25, 0.3) is 0 Å². The molecule has 2 heterocycles. The Morgan fingerprint density at radius 3 is 2.50 bits per heavy atom. The van der Waals surface area contributed by atoms with Crippen molar-refractivity contribution in [1.29, 1.82) is 0 Å². The summed E-state index contributed by atoms with van der Waals surface area (Å²) in [6.45, 7) is 8.41. The van der Waals surface area contributed by atoms with Crippen molar-refractivity contribution in [1.82, 2.24) is 25.6 Å². The number of piperidine rings is 1. The maximum atomic E-state index is 12.7. The Kier molecular flexibility index (Phi) is 6.26. The predicted octanol–water partition coefficient (Wildman–Crippen LogP) is 2.63. The summed E-state index contributed by atoms with van der Waals surface area (Å²) in [6, 6.07) is 0.358. The molecule has 0 aromatic carbocycles. The lowest BCUT2D eigenvalue weighted by atomic mass is 9.78. The minimum atomic E-state index is -0.103. The Morgan fingerprint density at radius 1 is 1.25 bits per heavy atom. The number of amides is 1. The van der Waals surface area contributed by atoms with E-state index in [0.29, 0.717) is 11.7 Å². The van der Waals surface area contributed by atoms with Crippen LogP contribution in [0.3, 0.4) is 0 Å². The van der Waals surface area contributed by atoms with Gasteiger partial charge in [-0.3, -0.25) is 4.79 Å². The maximum Gasteiger partial charge on any atom is 0.274 e. The minimum absolute atomic E-state index is 0. The molecular weight excluding hydrogens is 326 g/mol.